The number of halogens is 1. The molecule has 0 aliphatic rings. The van der Waals surface area contributed by atoms with Gasteiger partial charge in [0.25, 0.3) is 0 Å². The Morgan fingerprint density at radius 3 is 2.67 bits per heavy atom. The number of benzene rings is 1. The Bertz CT molecular complexity index is 351. The third-order valence-corrected chi connectivity index (χ3v) is 2.56. The van der Waals surface area contributed by atoms with Crippen LogP contribution in [-0.2, 0) is 4.79 Å². The van der Waals surface area contributed by atoms with Crippen molar-refractivity contribution < 1.29 is 15.0 Å². The molecule has 0 aromatic heterocycles. The molecule has 0 spiro atoms. The molecule has 15 heavy (non-hydrogen) atoms. The highest BCUT2D eigenvalue weighted by Gasteiger charge is 2.25. The van der Waals surface area contributed by atoms with Gasteiger partial charge >= 0.3 is 5.97 Å². The Hall–Kier alpha value is -1.06. The van der Waals surface area contributed by atoms with Crippen molar-refractivity contribution in [1.82, 2.24) is 0 Å². The lowest BCUT2D eigenvalue weighted by atomic mass is 9.94. The maximum atomic E-state index is 10.8. The third kappa shape index (κ3) is 2.94. The van der Waals surface area contributed by atoms with Crippen LogP contribution in [0, 0.1) is 5.92 Å². The maximum absolute atomic E-state index is 10.8. The molecule has 2 atom stereocenters. The SMILES string of the molecule is CCC(C(=O)O)C(O)c1cccc(Cl)c1. The van der Waals surface area contributed by atoms with Gasteiger partial charge < -0.3 is 10.2 Å². The second-order valence-electron chi connectivity index (χ2n) is 3.35. The van der Waals surface area contributed by atoms with Gasteiger partial charge in [0, 0.05) is 5.02 Å². The van der Waals surface area contributed by atoms with E-state index in [1.807, 2.05) is 0 Å². The van der Waals surface area contributed by atoms with Gasteiger partial charge in [-0.15, -0.1) is 0 Å². The van der Waals surface area contributed by atoms with Crippen LogP contribution < -0.4 is 0 Å². The molecule has 0 radical (unpaired) electrons. The van der Waals surface area contributed by atoms with E-state index < -0.39 is 18.0 Å². The number of hydrogen-bond acceptors (Lipinski definition) is 2. The lowest BCUT2D eigenvalue weighted by molar-refractivity contribution is -0.146. The first-order valence-corrected chi connectivity index (χ1v) is 5.10. The highest BCUT2D eigenvalue weighted by Crippen LogP contribution is 2.26. The van der Waals surface area contributed by atoms with Gasteiger partial charge in [-0.2, -0.15) is 0 Å². The van der Waals surface area contributed by atoms with Gasteiger partial charge in [0.15, 0.2) is 0 Å². The van der Waals surface area contributed by atoms with Crippen molar-refractivity contribution in [3.8, 4) is 0 Å². The lowest BCUT2D eigenvalue weighted by Gasteiger charge is -2.17. The van der Waals surface area contributed by atoms with Crippen LogP contribution in [0.2, 0.25) is 5.02 Å². The third-order valence-electron chi connectivity index (χ3n) is 2.33. The molecule has 1 rings (SSSR count). The average molecular weight is 229 g/mol. The van der Waals surface area contributed by atoms with Gasteiger partial charge in [0.2, 0.25) is 0 Å². The van der Waals surface area contributed by atoms with E-state index >= 15 is 0 Å². The fourth-order valence-corrected chi connectivity index (χ4v) is 1.65. The Balaban J connectivity index is 2.92. The monoisotopic (exact) mass is 228 g/mol. The van der Waals surface area contributed by atoms with E-state index in [9.17, 15) is 9.90 Å². The van der Waals surface area contributed by atoms with Crippen molar-refractivity contribution in [2.75, 3.05) is 0 Å². The van der Waals surface area contributed by atoms with E-state index in [1.165, 1.54) is 0 Å². The van der Waals surface area contributed by atoms with Crippen LogP contribution in [-0.4, -0.2) is 16.2 Å². The summed E-state index contributed by atoms with van der Waals surface area (Å²) in [6.45, 7) is 1.73. The van der Waals surface area contributed by atoms with Crippen LogP contribution in [0.4, 0.5) is 0 Å². The van der Waals surface area contributed by atoms with Gasteiger partial charge in [-0.3, -0.25) is 4.79 Å². The summed E-state index contributed by atoms with van der Waals surface area (Å²) < 4.78 is 0. The zero-order valence-corrected chi connectivity index (χ0v) is 9.11. The zero-order chi connectivity index (χ0) is 11.4. The second-order valence-corrected chi connectivity index (χ2v) is 3.79. The van der Waals surface area contributed by atoms with E-state index in [0.717, 1.165) is 0 Å². The standard InChI is InChI=1S/C11H13ClO3/c1-2-9(11(14)15)10(13)7-4-3-5-8(12)6-7/h3-6,9-10,13H,2H2,1H3,(H,14,15). The fraction of sp³-hybridized carbons (Fsp3) is 0.364. The van der Waals surface area contributed by atoms with Crippen molar-refractivity contribution in [2.45, 2.75) is 19.4 Å². The van der Waals surface area contributed by atoms with Crippen LogP contribution in [0.3, 0.4) is 0 Å². The summed E-state index contributed by atoms with van der Waals surface area (Å²) in [5.74, 6) is -1.78. The minimum Gasteiger partial charge on any atom is -0.481 e. The van der Waals surface area contributed by atoms with E-state index in [4.69, 9.17) is 16.7 Å². The van der Waals surface area contributed by atoms with Crippen LogP contribution >= 0.6 is 11.6 Å². The van der Waals surface area contributed by atoms with Gasteiger partial charge in [0.05, 0.1) is 12.0 Å². The topological polar surface area (TPSA) is 57.5 Å². The van der Waals surface area contributed by atoms with Gasteiger partial charge in [-0.1, -0.05) is 30.7 Å². The molecule has 1 aromatic rings. The van der Waals surface area contributed by atoms with E-state index in [0.29, 0.717) is 17.0 Å². The smallest absolute Gasteiger partial charge is 0.309 e. The number of carbonyl (C=O) groups is 1. The molecular weight excluding hydrogens is 216 g/mol. The molecule has 2 unspecified atom stereocenters. The predicted molar refractivity (Wildman–Crippen MR) is 57.8 cm³/mol. The second kappa shape index (κ2) is 5.14. The van der Waals surface area contributed by atoms with Crippen molar-refractivity contribution in [3.63, 3.8) is 0 Å². The molecule has 0 fully saturated rings. The van der Waals surface area contributed by atoms with Gasteiger partial charge in [0.1, 0.15) is 0 Å². The fourth-order valence-electron chi connectivity index (χ4n) is 1.46. The largest absolute Gasteiger partial charge is 0.481 e. The number of carboxylic acid groups (broad SMARTS) is 1. The maximum Gasteiger partial charge on any atom is 0.309 e. The van der Waals surface area contributed by atoms with Crippen LogP contribution in [0.1, 0.15) is 25.0 Å². The summed E-state index contributed by atoms with van der Waals surface area (Å²) in [6.07, 6.45) is -0.630. The molecule has 0 aliphatic heterocycles. The Kier molecular flexibility index (Phi) is 4.12. The molecule has 0 bridgehead atoms. The lowest BCUT2D eigenvalue weighted by Crippen LogP contribution is -2.21. The number of aliphatic hydroxyl groups is 1. The molecule has 0 amide bonds. The normalized spacial score (nSPS) is 14.6. The molecule has 3 nitrogen and oxygen atoms in total. The van der Waals surface area contributed by atoms with Gasteiger partial charge in [-0.25, -0.2) is 0 Å². The average Bonchev–Trinajstić information content (AvgIpc) is 2.18. The Labute approximate surface area is 93.3 Å². The quantitative estimate of drug-likeness (QED) is 0.833. The number of aliphatic hydroxyl groups excluding tert-OH is 1. The summed E-state index contributed by atoms with van der Waals surface area (Å²) in [6, 6.07) is 6.62. The molecule has 82 valence electrons. The summed E-state index contributed by atoms with van der Waals surface area (Å²) in [5, 5.41) is 19.2. The summed E-state index contributed by atoms with van der Waals surface area (Å²) in [7, 11) is 0. The van der Waals surface area contributed by atoms with E-state index in [2.05, 4.69) is 0 Å². The molecule has 0 saturated heterocycles. The molecule has 2 N–H and O–H groups in total. The number of rotatable bonds is 4. The Morgan fingerprint density at radius 1 is 1.53 bits per heavy atom. The predicted octanol–water partition coefficient (Wildman–Crippen LogP) is 2.48. The summed E-state index contributed by atoms with van der Waals surface area (Å²) in [4.78, 5) is 10.8. The molecule has 0 aliphatic carbocycles. The molecule has 4 heteroatoms. The first-order valence-electron chi connectivity index (χ1n) is 4.72. The van der Waals surface area contributed by atoms with Crippen LogP contribution in [0.15, 0.2) is 24.3 Å². The van der Waals surface area contributed by atoms with Gasteiger partial charge in [-0.05, 0) is 24.1 Å². The van der Waals surface area contributed by atoms with Crippen molar-refractivity contribution in [1.29, 1.82) is 0 Å². The van der Waals surface area contributed by atoms with Crippen LogP contribution in [0.5, 0.6) is 0 Å². The number of hydrogen-bond donors (Lipinski definition) is 2. The number of carboxylic acids is 1. The summed E-state index contributed by atoms with van der Waals surface area (Å²) >= 11 is 5.76. The molecule has 0 heterocycles. The minimum atomic E-state index is -1.01. The first kappa shape index (κ1) is 12.0. The van der Waals surface area contributed by atoms with Crippen molar-refractivity contribution in [2.24, 2.45) is 5.92 Å². The van der Waals surface area contributed by atoms with Crippen molar-refractivity contribution in [3.05, 3.63) is 34.9 Å². The van der Waals surface area contributed by atoms with Crippen molar-refractivity contribution >= 4 is 17.6 Å². The van der Waals surface area contributed by atoms with E-state index in [1.54, 1.807) is 31.2 Å². The summed E-state index contributed by atoms with van der Waals surface area (Å²) in [5.41, 5.74) is 0.539. The van der Waals surface area contributed by atoms with Crippen LogP contribution in [0.25, 0.3) is 0 Å². The number of aliphatic carboxylic acids is 1. The Morgan fingerprint density at radius 2 is 2.20 bits per heavy atom. The molecule has 1 aromatic carbocycles. The minimum absolute atomic E-state index is 0.378. The van der Waals surface area contributed by atoms with E-state index in [-0.39, 0.29) is 0 Å². The highest BCUT2D eigenvalue weighted by atomic mass is 35.5. The zero-order valence-electron chi connectivity index (χ0n) is 8.35. The highest BCUT2D eigenvalue weighted by molar-refractivity contribution is 6.30. The first-order chi connectivity index (χ1) is 7.06. The molecule has 0 saturated carbocycles. The molecular formula is C11H13ClO3.